The number of aliphatic carboxylic acids is 1. The Balaban J connectivity index is 2.31. The predicted octanol–water partition coefficient (Wildman–Crippen LogP) is 2.80. The van der Waals surface area contributed by atoms with Crippen LogP contribution in [-0.4, -0.2) is 26.1 Å². The van der Waals surface area contributed by atoms with Crippen molar-refractivity contribution in [1.29, 1.82) is 0 Å². The van der Waals surface area contributed by atoms with Crippen LogP contribution in [0.2, 0.25) is 0 Å². The molecule has 2 aromatic rings. The van der Waals surface area contributed by atoms with Gasteiger partial charge in [-0.25, -0.2) is 0 Å². The first-order chi connectivity index (χ1) is 10.7. The number of carbonyl (C=O) groups is 1. The quantitative estimate of drug-likeness (QED) is 0.886. The lowest BCUT2D eigenvalue weighted by atomic mass is 9.82. The molecule has 1 N–H and O–H groups in total. The van der Waals surface area contributed by atoms with Gasteiger partial charge in [0.2, 0.25) is 0 Å². The van der Waals surface area contributed by atoms with Crippen molar-refractivity contribution in [3.8, 4) is 0 Å². The van der Waals surface area contributed by atoms with Crippen LogP contribution in [0.3, 0.4) is 0 Å². The van der Waals surface area contributed by atoms with Crippen LogP contribution in [-0.2, 0) is 23.2 Å². The van der Waals surface area contributed by atoms with E-state index >= 15 is 0 Å². The molecule has 0 spiro atoms. The predicted molar refractivity (Wildman–Crippen MR) is 85.9 cm³/mol. The maximum absolute atomic E-state index is 11.7. The van der Waals surface area contributed by atoms with Crippen molar-refractivity contribution in [3.63, 3.8) is 0 Å². The summed E-state index contributed by atoms with van der Waals surface area (Å²) in [5, 5.41) is 17.4. The van der Waals surface area contributed by atoms with Crippen LogP contribution in [0.1, 0.15) is 42.3 Å². The van der Waals surface area contributed by atoms with Crippen LogP contribution in [0.15, 0.2) is 24.4 Å². The molecular weight excluding hydrogens is 294 g/mol. The Hall–Kier alpha value is -2.21. The Morgan fingerprint density at radius 2 is 2.04 bits per heavy atom. The number of rotatable bonds is 6. The maximum Gasteiger partial charge on any atom is 0.312 e. The standard InChI is InChI=1S/C17H23N3O3/c1-11-6-7-13(8-12(11)2)15(17(3,4)16(21)22)23-10-14-9-20(5)19-18-14/h6-9,15H,10H2,1-5H3,(H,21,22). The van der Waals surface area contributed by atoms with Gasteiger partial charge in [-0.2, -0.15) is 0 Å². The Bertz CT molecular complexity index is 707. The van der Waals surface area contributed by atoms with Gasteiger partial charge in [-0.05, 0) is 44.4 Å². The highest BCUT2D eigenvalue weighted by Crippen LogP contribution is 2.38. The zero-order valence-electron chi connectivity index (χ0n) is 14.2. The van der Waals surface area contributed by atoms with Crippen molar-refractivity contribution >= 4 is 5.97 Å². The molecule has 6 heteroatoms. The minimum atomic E-state index is -1.07. The second kappa shape index (κ2) is 6.50. The third kappa shape index (κ3) is 3.76. The van der Waals surface area contributed by atoms with E-state index in [1.165, 1.54) is 0 Å². The van der Waals surface area contributed by atoms with Crippen LogP contribution in [0.25, 0.3) is 0 Å². The number of carboxylic acid groups (broad SMARTS) is 1. The Morgan fingerprint density at radius 3 is 2.57 bits per heavy atom. The monoisotopic (exact) mass is 317 g/mol. The van der Waals surface area contributed by atoms with E-state index in [9.17, 15) is 9.90 Å². The summed E-state index contributed by atoms with van der Waals surface area (Å²) in [7, 11) is 1.78. The number of benzene rings is 1. The molecule has 2 rings (SSSR count). The fourth-order valence-electron chi connectivity index (χ4n) is 2.39. The molecule has 0 aliphatic heterocycles. The summed E-state index contributed by atoms with van der Waals surface area (Å²) in [6, 6.07) is 5.90. The van der Waals surface area contributed by atoms with Crippen LogP contribution >= 0.6 is 0 Å². The van der Waals surface area contributed by atoms with Gasteiger partial charge in [-0.3, -0.25) is 9.48 Å². The largest absolute Gasteiger partial charge is 0.481 e. The summed E-state index contributed by atoms with van der Waals surface area (Å²) >= 11 is 0. The molecule has 1 atom stereocenters. The number of aryl methyl sites for hydroxylation is 3. The van der Waals surface area contributed by atoms with Gasteiger partial charge in [0.25, 0.3) is 0 Å². The summed E-state index contributed by atoms with van der Waals surface area (Å²) in [4.78, 5) is 11.7. The van der Waals surface area contributed by atoms with Gasteiger partial charge < -0.3 is 9.84 Å². The summed E-state index contributed by atoms with van der Waals surface area (Å²) in [6.07, 6.45) is 1.17. The minimum Gasteiger partial charge on any atom is -0.481 e. The smallest absolute Gasteiger partial charge is 0.312 e. The van der Waals surface area contributed by atoms with E-state index in [1.54, 1.807) is 31.8 Å². The Kier molecular flexibility index (Phi) is 4.85. The molecule has 0 amide bonds. The number of hydrogen-bond acceptors (Lipinski definition) is 4. The molecule has 6 nitrogen and oxygen atoms in total. The molecule has 124 valence electrons. The SMILES string of the molecule is Cc1ccc(C(OCc2cn(C)nn2)C(C)(C)C(=O)O)cc1C. The van der Waals surface area contributed by atoms with Crippen molar-refractivity contribution in [2.24, 2.45) is 12.5 Å². The van der Waals surface area contributed by atoms with Crippen molar-refractivity contribution < 1.29 is 14.6 Å². The minimum absolute atomic E-state index is 0.210. The van der Waals surface area contributed by atoms with E-state index in [1.807, 2.05) is 32.0 Å². The number of ether oxygens (including phenoxy) is 1. The molecule has 23 heavy (non-hydrogen) atoms. The van der Waals surface area contributed by atoms with Gasteiger partial charge in [-0.15, -0.1) is 5.10 Å². The third-order valence-electron chi connectivity index (χ3n) is 4.09. The van der Waals surface area contributed by atoms with Crippen molar-refractivity contribution in [1.82, 2.24) is 15.0 Å². The van der Waals surface area contributed by atoms with Gasteiger partial charge in [0.05, 0.1) is 24.3 Å². The number of carboxylic acids is 1. The van der Waals surface area contributed by atoms with Crippen molar-refractivity contribution in [2.45, 2.75) is 40.4 Å². The summed E-state index contributed by atoms with van der Waals surface area (Å²) < 4.78 is 7.54. The van der Waals surface area contributed by atoms with E-state index in [0.29, 0.717) is 5.69 Å². The third-order valence-corrected chi connectivity index (χ3v) is 4.09. The molecule has 0 radical (unpaired) electrons. The van der Waals surface area contributed by atoms with E-state index in [0.717, 1.165) is 16.7 Å². The van der Waals surface area contributed by atoms with Crippen LogP contribution in [0, 0.1) is 19.3 Å². The lowest BCUT2D eigenvalue weighted by Gasteiger charge is -2.31. The zero-order chi connectivity index (χ0) is 17.2. The Morgan fingerprint density at radius 1 is 1.35 bits per heavy atom. The van der Waals surface area contributed by atoms with Gasteiger partial charge in [0.15, 0.2) is 0 Å². The number of hydrogen-bond donors (Lipinski definition) is 1. The molecular formula is C17H23N3O3. The summed E-state index contributed by atoms with van der Waals surface area (Å²) in [5.41, 5.74) is 2.72. The zero-order valence-corrected chi connectivity index (χ0v) is 14.2. The molecule has 0 fully saturated rings. The summed E-state index contributed by atoms with van der Waals surface area (Å²) in [5.74, 6) is -0.903. The highest BCUT2D eigenvalue weighted by Gasteiger charge is 2.39. The molecule has 1 unspecified atom stereocenters. The van der Waals surface area contributed by atoms with Gasteiger partial charge >= 0.3 is 5.97 Å². The highest BCUT2D eigenvalue weighted by molar-refractivity contribution is 5.74. The molecule has 1 aromatic carbocycles. The number of nitrogens with zero attached hydrogens (tertiary/aromatic N) is 3. The molecule has 0 aliphatic rings. The van der Waals surface area contributed by atoms with Gasteiger partial charge in [0, 0.05) is 7.05 Å². The first-order valence-electron chi connectivity index (χ1n) is 7.49. The van der Waals surface area contributed by atoms with Crippen molar-refractivity contribution in [2.75, 3.05) is 0 Å². The first-order valence-corrected chi connectivity index (χ1v) is 7.49. The van der Waals surface area contributed by atoms with Crippen molar-refractivity contribution in [3.05, 3.63) is 46.8 Å². The van der Waals surface area contributed by atoms with E-state index in [4.69, 9.17) is 4.74 Å². The second-order valence-electron chi connectivity index (χ2n) is 6.45. The topological polar surface area (TPSA) is 77.2 Å². The van der Waals surface area contributed by atoms with Crippen LogP contribution < -0.4 is 0 Å². The van der Waals surface area contributed by atoms with Crippen LogP contribution in [0.5, 0.6) is 0 Å². The lowest BCUT2D eigenvalue weighted by molar-refractivity contribution is -0.158. The average Bonchev–Trinajstić information content (AvgIpc) is 2.88. The molecule has 0 saturated carbocycles. The maximum atomic E-state index is 11.7. The molecule has 1 aromatic heterocycles. The van der Waals surface area contributed by atoms with Gasteiger partial charge in [0.1, 0.15) is 5.69 Å². The highest BCUT2D eigenvalue weighted by atomic mass is 16.5. The molecule has 1 heterocycles. The fourth-order valence-corrected chi connectivity index (χ4v) is 2.39. The average molecular weight is 317 g/mol. The van der Waals surface area contributed by atoms with E-state index in [-0.39, 0.29) is 6.61 Å². The van der Waals surface area contributed by atoms with Crippen LogP contribution in [0.4, 0.5) is 0 Å². The van der Waals surface area contributed by atoms with Gasteiger partial charge in [-0.1, -0.05) is 23.4 Å². The van der Waals surface area contributed by atoms with E-state index < -0.39 is 17.5 Å². The molecule has 0 bridgehead atoms. The Labute approximate surface area is 136 Å². The molecule has 0 aliphatic carbocycles. The fraction of sp³-hybridized carbons (Fsp3) is 0.471. The second-order valence-corrected chi connectivity index (χ2v) is 6.45. The normalized spacial score (nSPS) is 13.1. The number of aromatic nitrogens is 3. The van der Waals surface area contributed by atoms with E-state index in [2.05, 4.69) is 10.3 Å². The first kappa shape index (κ1) is 17.1. The lowest BCUT2D eigenvalue weighted by Crippen LogP contribution is -2.33. The molecule has 0 saturated heterocycles. The summed E-state index contributed by atoms with van der Waals surface area (Å²) in [6.45, 7) is 7.59.